The number of benzene rings is 2. The van der Waals surface area contributed by atoms with E-state index in [1.54, 1.807) is 40.1 Å². The molecule has 1 saturated heterocycles. The topological polar surface area (TPSA) is 76.5 Å². The summed E-state index contributed by atoms with van der Waals surface area (Å²) in [6.45, 7) is 0.555. The van der Waals surface area contributed by atoms with Crippen molar-refractivity contribution in [2.45, 2.75) is 57.2 Å². The summed E-state index contributed by atoms with van der Waals surface area (Å²) in [6.07, 6.45) is -12.4. The van der Waals surface area contributed by atoms with E-state index in [1.807, 2.05) is 0 Å². The zero-order valence-electron chi connectivity index (χ0n) is 24.6. The Balaban J connectivity index is 1.68. The number of nitrogens with two attached hydrogens (primary N) is 1. The van der Waals surface area contributed by atoms with Gasteiger partial charge in [0.15, 0.2) is 0 Å². The molecule has 4 rings (SSSR count). The van der Waals surface area contributed by atoms with E-state index in [0.29, 0.717) is 11.6 Å². The number of hydrogen-bond donors (Lipinski definition) is 1. The van der Waals surface area contributed by atoms with Crippen LogP contribution >= 0.6 is 0 Å². The van der Waals surface area contributed by atoms with E-state index in [-0.39, 0.29) is 50.6 Å². The molecule has 1 unspecified atom stereocenters. The van der Waals surface area contributed by atoms with E-state index in [2.05, 4.69) is 0 Å². The van der Waals surface area contributed by atoms with Crippen LogP contribution in [-0.4, -0.2) is 58.9 Å². The molecule has 46 heavy (non-hydrogen) atoms. The quantitative estimate of drug-likeness (QED) is 0.297. The van der Waals surface area contributed by atoms with E-state index < -0.39 is 71.9 Å². The van der Waals surface area contributed by atoms with E-state index in [1.165, 1.54) is 6.92 Å². The van der Waals surface area contributed by atoms with Gasteiger partial charge in [-0.1, -0.05) is 36.4 Å². The molecule has 3 aromatic rings. The summed E-state index contributed by atoms with van der Waals surface area (Å²) in [5.74, 6) is -6.03. The van der Waals surface area contributed by atoms with Crippen molar-refractivity contribution in [3.63, 3.8) is 0 Å². The molecule has 1 aromatic heterocycles. The van der Waals surface area contributed by atoms with Crippen LogP contribution in [0.3, 0.4) is 0 Å². The van der Waals surface area contributed by atoms with Crippen molar-refractivity contribution in [1.82, 2.24) is 14.0 Å². The molecule has 1 fully saturated rings. The van der Waals surface area contributed by atoms with Crippen molar-refractivity contribution in [3.8, 4) is 0 Å². The number of anilines is 1. The third-order valence-electron chi connectivity index (χ3n) is 8.07. The minimum absolute atomic E-state index is 0.0332. The van der Waals surface area contributed by atoms with Gasteiger partial charge in [-0.2, -0.15) is 35.1 Å². The van der Waals surface area contributed by atoms with Crippen molar-refractivity contribution in [2.75, 3.05) is 37.6 Å². The Morgan fingerprint density at radius 1 is 0.848 bits per heavy atom. The van der Waals surface area contributed by atoms with Crippen LogP contribution < -0.4 is 21.9 Å². The smallest absolute Gasteiger partial charge is 0.363 e. The van der Waals surface area contributed by atoms with E-state index in [9.17, 15) is 49.1 Å². The third kappa shape index (κ3) is 7.60. The number of piperazine rings is 1. The number of rotatable bonds is 10. The molecule has 0 radical (unpaired) electrons. The fraction of sp³-hybridized carbons (Fsp3) is 0.467. The summed E-state index contributed by atoms with van der Waals surface area (Å²) in [7, 11) is 0. The highest BCUT2D eigenvalue weighted by atomic mass is 19.4. The highest BCUT2D eigenvalue weighted by Gasteiger charge is 2.56. The molecule has 252 valence electrons. The molecule has 0 aliphatic carbocycles. The van der Waals surface area contributed by atoms with Crippen LogP contribution in [0.4, 0.5) is 45.2 Å². The van der Waals surface area contributed by atoms with Gasteiger partial charge in [-0.05, 0) is 37.6 Å². The number of alkyl halides is 8. The van der Waals surface area contributed by atoms with Crippen LogP contribution in [0.25, 0.3) is 0 Å². The lowest BCUT2D eigenvalue weighted by Crippen LogP contribution is -2.52. The molecule has 0 bridgehead atoms. The van der Waals surface area contributed by atoms with E-state index in [0.717, 1.165) is 21.3 Å². The lowest BCUT2D eigenvalue weighted by atomic mass is 10.1. The second-order valence-corrected chi connectivity index (χ2v) is 11.1. The maximum absolute atomic E-state index is 14.9. The van der Waals surface area contributed by atoms with Gasteiger partial charge in [0.25, 0.3) is 5.56 Å². The summed E-state index contributed by atoms with van der Waals surface area (Å²) in [4.78, 5) is 30.7. The average molecular weight is 666 g/mol. The van der Waals surface area contributed by atoms with E-state index in [4.69, 9.17) is 5.73 Å². The Hall–Kier alpha value is -3.79. The third-order valence-corrected chi connectivity index (χ3v) is 8.07. The second-order valence-electron chi connectivity index (χ2n) is 11.1. The predicted molar refractivity (Wildman–Crippen MR) is 152 cm³/mol. The molecular formula is C30H32F9N5O2. The fourth-order valence-corrected chi connectivity index (χ4v) is 5.50. The van der Waals surface area contributed by atoms with Gasteiger partial charge < -0.3 is 10.6 Å². The monoisotopic (exact) mass is 665 g/mol. The first-order valence-electron chi connectivity index (χ1n) is 14.3. The highest BCUT2D eigenvalue weighted by Crippen LogP contribution is 2.39. The van der Waals surface area contributed by atoms with Crippen LogP contribution in [0.15, 0.2) is 58.1 Å². The molecule has 0 saturated carbocycles. The van der Waals surface area contributed by atoms with Crippen molar-refractivity contribution in [2.24, 2.45) is 5.73 Å². The fourth-order valence-electron chi connectivity index (χ4n) is 5.50. The van der Waals surface area contributed by atoms with Crippen LogP contribution in [0.5, 0.6) is 0 Å². The number of aromatic nitrogens is 2. The van der Waals surface area contributed by atoms with Crippen LogP contribution in [0.2, 0.25) is 0 Å². The largest absolute Gasteiger partial charge is 0.453 e. The highest BCUT2D eigenvalue weighted by molar-refractivity contribution is 5.50. The normalized spacial score (nSPS) is 15.8. The van der Waals surface area contributed by atoms with Crippen molar-refractivity contribution in [1.29, 1.82) is 0 Å². The van der Waals surface area contributed by atoms with Crippen LogP contribution in [0, 0.1) is 12.7 Å². The van der Waals surface area contributed by atoms with Gasteiger partial charge in [-0.15, -0.1) is 0 Å². The lowest BCUT2D eigenvalue weighted by molar-refractivity contribution is -0.284. The molecule has 1 atom stereocenters. The molecule has 2 aromatic carbocycles. The first-order valence-corrected chi connectivity index (χ1v) is 14.3. The van der Waals surface area contributed by atoms with Gasteiger partial charge >= 0.3 is 24.0 Å². The average Bonchev–Trinajstić information content (AvgIpc) is 2.98. The van der Waals surface area contributed by atoms with Gasteiger partial charge in [0.2, 0.25) is 0 Å². The molecule has 1 aliphatic heterocycles. The van der Waals surface area contributed by atoms with Crippen molar-refractivity contribution < 1.29 is 39.5 Å². The number of halogens is 9. The molecule has 16 heteroatoms. The molecule has 0 amide bonds. The van der Waals surface area contributed by atoms with Gasteiger partial charge in [0.1, 0.15) is 11.5 Å². The van der Waals surface area contributed by atoms with Gasteiger partial charge in [0, 0.05) is 49.9 Å². The minimum atomic E-state index is -5.65. The summed E-state index contributed by atoms with van der Waals surface area (Å²) in [5.41, 5.74) is 2.91. The summed E-state index contributed by atoms with van der Waals surface area (Å²) < 4.78 is 122. The summed E-state index contributed by atoms with van der Waals surface area (Å²) >= 11 is 0. The minimum Gasteiger partial charge on any atom is -0.363 e. The zero-order chi connectivity index (χ0) is 34.0. The van der Waals surface area contributed by atoms with Gasteiger partial charge in [0.05, 0.1) is 18.7 Å². The van der Waals surface area contributed by atoms with Crippen molar-refractivity contribution >= 4 is 5.69 Å². The SMILES string of the molecule is Cc1c(N2CCN(CCCC(F)(F)C(F)(F)F)CC2)c(=O)n(CC(N)c2ccccc2)c(=O)n1Cc1c(F)cccc1C(F)(F)F. The Labute approximate surface area is 257 Å². The molecular weight excluding hydrogens is 633 g/mol. The lowest BCUT2D eigenvalue weighted by Gasteiger charge is -2.37. The Morgan fingerprint density at radius 2 is 1.48 bits per heavy atom. The maximum atomic E-state index is 14.9. The molecule has 1 aliphatic rings. The van der Waals surface area contributed by atoms with Crippen LogP contribution in [-0.2, 0) is 19.3 Å². The zero-order valence-corrected chi connectivity index (χ0v) is 24.6. The van der Waals surface area contributed by atoms with E-state index >= 15 is 0 Å². The Morgan fingerprint density at radius 3 is 2.07 bits per heavy atom. The molecule has 2 heterocycles. The summed E-state index contributed by atoms with van der Waals surface area (Å²) in [6, 6.07) is 9.99. The number of nitrogens with zero attached hydrogens (tertiary/aromatic N) is 4. The molecule has 2 N–H and O–H groups in total. The molecule has 7 nitrogen and oxygen atoms in total. The second kappa shape index (κ2) is 13.5. The number of hydrogen-bond acceptors (Lipinski definition) is 5. The van der Waals surface area contributed by atoms with Gasteiger partial charge in [-0.3, -0.25) is 18.8 Å². The predicted octanol–water partition coefficient (Wildman–Crippen LogP) is 5.32. The molecule has 0 spiro atoms. The van der Waals surface area contributed by atoms with Crippen LogP contribution in [0.1, 0.15) is 41.3 Å². The summed E-state index contributed by atoms with van der Waals surface area (Å²) in [5, 5.41) is 0. The first-order chi connectivity index (χ1) is 21.4. The standard InChI is InChI=1S/C30H32F9N5O2/c1-19-25(42-15-13-41(14-16-42)12-6-11-28(32,33)30(37,38)39)26(45)44(18-24(40)20-7-3-2-4-8-20)27(46)43(19)17-21-22(29(34,35)36)9-5-10-23(21)31/h2-5,7-10,24H,6,11-18,40H2,1H3. The van der Waals surface area contributed by atoms with Gasteiger partial charge in [-0.25, -0.2) is 9.18 Å². The Kier molecular flexibility index (Phi) is 10.3. The Bertz CT molecular complexity index is 1630. The first kappa shape index (κ1) is 35.1. The van der Waals surface area contributed by atoms with Crippen molar-refractivity contribution in [3.05, 3.63) is 97.6 Å². The maximum Gasteiger partial charge on any atom is 0.453 e.